The first-order valence-corrected chi connectivity index (χ1v) is 10.7. The fraction of sp³-hybridized carbons (Fsp3) is 0.364. The molecule has 2 aromatic rings. The number of amides is 2. The third kappa shape index (κ3) is 6.47. The van der Waals surface area contributed by atoms with E-state index in [-0.39, 0.29) is 18.4 Å². The third-order valence-corrected chi connectivity index (χ3v) is 5.37. The number of carbonyl (C=O) groups excluding carboxylic acids is 2. The van der Waals surface area contributed by atoms with E-state index in [1.165, 1.54) is 0 Å². The molecule has 0 saturated carbocycles. The van der Waals surface area contributed by atoms with Gasteiger partial charge < -0.3 is 15.0 Å². The van der Waals surface area contributed by atoms with Gasteiger partial charge in [0.2, 0.25) is 5.91 Å². The van der Waals surface area contributed by atoms with E-state index in [2.05, 4.69) is 21.2 Å². The molecule has 1 atom stereocenters. The Bertz CT molecular complexity index is 860. The van der Waals surface area contributed by atoms with Crippen molar-refractivity contribution in [3.63, 3.8) is 0 Å². The molecular weight excluding hydrogens is 456 g/mol. The number of aryl methyl sites for hydroxylation is 1. The van der Waals surface area contributed by atoms with Crippen molar-refractivity contribution in [2.45, 2.75) is 39.8 Å². The van der Waals surface area contributed by atoms with E-state index in [4.69, 9.17) is 16.3 Å². The highest BCUT2D eigenvalue weighted by atomic mass is 79.9. The molecule has 5 nitrogen and oxygen atoms in total. The summed E-state index contributed by atoms with van der Waals surface area (Å²) in [6.07, 6.45) is 0.502. The predicted molar refractivity (Wildman–Crippen MR) is 119 cm³/mol. The SMILES string of the molecule is CCNC(=O)C(CC)N(Cc1ccccc1C)C(=O)COc1ccc(Br)cc1Cl. The van der Waals surface area contributed by atoms with E-state index < -0.39 is 6.04 Å². The van der Waals surface area contributed by atoms with Gasteiger partial charge in [-0.05, 0) is 49.6 Å². The second-order valence-corrected chi connectivity index (χ2v) is 7.95. The third-order valence-electron chi connectivity index (χ3n) is 4.58. The zero-order chi connectivity index (χ0) is 21.4. The highest BCUT2D eigenvalue weighted by Gasteiger charge is 2.29. The summed E-state index contributed by atoms with van der Waals surface area (Å²) < 4.78 is 6.48. The van der Waals surface area contributed by atoms with Gasteiger partial charge in [-0.25, -0.2) is 0 Å². The Kier molecular flexibility index (Phi) is 8.99. The number of nitrogens with zero attached hydrogens (tertiary/aromatic N) is 1. The quantitative estimate of drug-likeness (QED) is 0.563. The van der Waals surface area contributed by atoms with Crippen LogP contribution in [0.4, 0.5) is 0 Å². The molecular formula is C22H26BrClN2O3. The van der Waals surface area contributed by atoms with Crippen LogP contribution in [0.1, 0.15) is 31.4 Å². The van der Waals surface area contributed by atoms with Crippen molar-refractivity contribution in [2.24, 2.45) is 0 Å². The Labute approximate surface area is 185 Å². The molecule has 2 amide bonds. The van der Waals surface area contributed by atoms with Crippen LogP contribution in [-0.4, -0.2) is 35.9 Å². The summed E-state index contributed by atoms with van der Waals surface area (Å²) in [6.45, 7) is 6.37. The minimum atomic E-state index is -0.578. The largest absolute Gasteiger partial charge is 0.482 e. The molecule has 1 unspecified atom stereocenters. The lowest BCUT2D eigenvalue weighted by Gasteiger charge is -2.31. The molecule has 0 aliphatic heterocycles. The van der Waals surface area contributed by atoms with E-state index in [1.54, 1.807) is 23.1 Å². The minimum Gasteiger partial charge on any atom is -0.482 e. The molecule has 156 valence electrons. The monoisotopic (exact) mass is 480 g/mol. The molecule has 1 N–H and O–H groups in total. The molecule has 0 aliphatic rings. The first-order chi connectivity index (χ1) is 13.9. The Hall–Kier alpha value is -2.05. The molecule has 0 aliphatic carbocycles. The molecule has 0 spiro atoms. The van der Waals surface area contributed by atoms with E-state index in [1.807, 2.05) is 45.0 Å². The summed E-state index contributed by atoms with van der Waals surface area (Å²) in [6, 6.07) is 12.4. The normalized spacial score (nSPS) is 11.6. The lowest BCUT2D eigenvalue weighted by molar-refractivity contribution is -0.142. The van der Waals surface area contributed by atoms with Crippen molar-refractivity contribution >= 4 is 39.3 Å². The summed E-state index contributed by atoms with van der Waals surface area (Å²) >= 11 is 9.52. The average Bonchev–Trinajstić information content (AvgIpc) is 2.68. The Morgan fingerprint density at radius 2 is 1.93 bits per heavy atom. The maximum absolute atomic E-state index is 13.1. The molecule has 0 radical (unpaired) electrons. The second-order valence-electron chi connectivity index (χ2n) is 6.63. The van der Waals surface area contributed by atoms with Crippen LogP contribution in [0.25, 0.3) is 0 Å². The number of likely N-dealkylation sites (N-methyl/N-ethyl adjacent to an activating group) is 1. The lowest BCUT2D eigenvalue weighted by Crippen LogP contribution is -2.50. The average molecular weight is 482 g/mol. The number of halogens is 2. The Morgan fingerprint density at radius 3 is 2.55 bits per heavy atom. The van der Waals surface area contributed by atoms with Gasteiger partial charge in [-0.3, -0.25) is 9.59 Å². The van der Waals surface area contributed by atoms with Gasteiger partial charge >= 0.3 is 0 Å². The Balaban J connectivity index is 2.23. The standard InChI is InChI=1S/C22H26BrClN2O3/c1-4-19(22(28)25-5-2)26(13-16-9-7-6-8-15(16)3)21(27)14-29-20-11-10-17(23)12-18(20)24/h6-12,19H,4-5,13-14H2,1-3H3,(H,25,28). The first kappa shape index (κ1) is 23.2. The van der Waals surface area contributed by atoms with Gasteiger partial charge in [0.15, 0.2) is 6.61 Å². The number of benzene rings is 2. The summed E-state index contributed by atoms with van der Waals surface area (Å²) in [5.74, 6) is -0.0194. The van der Waals surface area contributed by atoms with Crippen LogP contribution in [0, 0.1) is 6.92 Å². The van der Waals surface area contributed by atoms with Crippen LogP contribution >= 0.6 is 27.5 Å². The van der Waals surface area contributed by atoms with Crippen LogP contribution in [-0.2, 0) is 16.1 Å². The zero-order valence-corrected chi connectivity index (χ0v) is 19.2. The second kappa shape index (κ2) is 11.2. The van der Waals surface area contributed by atoms with Crippen molar-refractivity contribution < 1.29 is 14.3 Å². The summed E-state index contributed by atoms with van der Waals surface area (Å²) in [5.41, 5.74) is 2.05. The fourth-order valence-electron chi connectivity index (χ4n) is 3.00. The fourth-order valence-corrected chi connectivity index (χ4v) is 3.73. The van der Waals surface area contributed by atoms with Crippen LogP contribution in [0.3, 0.4) is 0 Å². The van der Waals surface area contributed by atoms with Crippen LogP contribution in [0.2, 0.25) is 5.02 Å². The van der Waals surface area contributed by atoms with Gasteiger partial charge in [0.25, 0.3) is 5.91 Å². The molecule has 2 rings (SSSR count). The zero-order valence-electron chi connectivity index (χ0n) is 16.9. The van der Waals surface area contributed by atoms with Gasteiger partial charge in [-0.1, -0.05) is 58.7 Å². The lowest BCUT2D eigenvalue weighted by atomic mass is 10.1. The minimum absolute atomic E-state index is 0.168. The predicted octanol–water partition coefficient (Wildman–Crippen LogP) is 4.73. The van der Waals surface area contributed by atoms with E-state index in [9.17, 15) is 9.59 Å². The highest BCUT2D eigenvalue weighted by Crippen LogP contribution is 2.28. The van der Waals surface area contributed by atoms with Crippen LogP contribution < -0.4 is 10.1 Å². The number of hydrogen-bond donors (Lipinski definition) is 1. The van der Waals surface area contributed by atoms with Crippen molar-refractivity contribution in [3.05, 3.63) is 63.1 Å². The Morgan fingerprint density at radius 1 is 1.21 bits per heavy atom. The summed E-state index contributed by atoms with van der Waals surface area (Å²) in [4.78, 5) is 27.3. The van der Waals surface area contributed by atoms with Crippen molar-refractivity contribution in [2.75, 3.05) is 13.2 Å². The maximum Gasteiger partial charge on any atom is 0.261 e. The van der Waals surface area contributed by atoms with E-state index in [0.29, 0.717) is 30.3 Å². The molecule has 2 aromatic carbocycles. The summed E-state index contributed by atoms with van der Waals surface area (Å²) in [7, 11) is 0. The first-order valence-electron chi connectivity index (χ1n) is 9.56. The smallest absolute Gasteiger partial charge is 0.261 e. The number of hydrogen-bond acceptors (Lipinski definition) is 3. The van der Waals surface area contributed by atoms with E-state index in [0.717, 1.165) is 15.6 Å². The summed E-state index contributed by atoms with van der Waals surface area (Å²) in [5, 5.41) is 3.23. The molecule has 0 aromatic heterocycles. The number of ether oxygens (including phenoxy) is 1. The molecule has 7 heteroatoms. The van der Waals surface area contributed by atoms with Crippen LogP contribution in [0.5, 0.6) is 5.75 Å². The van der Waals surface area contributed by atoms with Gasteiger partial charge in [-0.2, -0.15) is 0 Å². The van der Waals surface area contributed by atoms with E-state index >= 15 is 0 Å². The van der Waals surface area contributed by atoms with Gasteiger partial charge in [0.1, 0.15) is 11.8 Å². The highest BCUT2D eigenvalue weighted by molar-refractivity contribution is 9.10. The molecule has 0 bridgehead atoms. The van der Waals surface area contributed by atoms with Crippen molar-refractivity contribution in [1.82, 2.24) is 10.2 Å². The van der Waals surface area contributed by atoms with Gasteiger partial charge in [0.05, 0.1) is 5.02 Å². The van der Waals surface area contributed by atoms with Gasteiger partial charge in [0, 0.05) is 17.6 Å². The maximum atomic E-state index is 13.1. The molecule has 0 fully saturated rings. The van der Waals surface area contributed by atoms with Gasteiger partial charge in [-0.15, -0.1) is 0 Å². The topological polar surface area (TPSA) is 58.6 Å². The van der Waals surface area contributed by atoms with Crippen LogP contribution in [0.15, 0.2) is 46.9 Å². The molecule has 0 saturated heterocycles. The van der Waals surface area contributed by atoms with Crippen molar-refractivity contribution in [1.29, 1.82) is 0 Å². The number of carbonyl (C=O) groups is 2. The molecule has 29 heavy (non-hydrogen) atoms. The molecule has 0 heterocycles. The number of nitrogens with one attached hydrogen (secondary N) is 1. The number of rotatable bonds is 9. The van der Waals surface area contributed by atoms with Crippen molar-refractivity contribution in [3.8, 4) is 5.75 Å².